The summed E-state index contributed by atoms with van der Waals surface area (Å²) in [5, 5.41) is 9.22. The quantitative estimate of drug-likeness (QED) is 0.864. The van der Waals surface area contributed by atoms with Gasteiger partial charge in [-0.25, -0.2) is 0 Å². The summed E-state index contributed by atoms with van der Waals surface area (Å²) >= 11 is 0. The van der Waals surface area contributed by atoms with E-state index in [9.17, 15) is 9.90 Å². The van der Waals surface area contributed by atoms with Gasteiger partial charge in [0.15, 0.2) is 0 Å². The number of benzene rings is 1. The second-order valence-electron chi connectivity index (χ2n) is 5.39. The molecule has 1 aliphatic rings. The minimum atomic E-state index is -0.712. The van der Waals surface area contributed by atoms with Crippen LogP contribution >= 0.6 is 0 Å². The third-order valence-corrected chi connectivity index (χ3v) is 4.11. The SMILES string of the molecule is CC[C@@H](C(=O)O)N1CCN(Cc2ccccc2OC)CC1. The Balaban J connectivity index is 1.91. The summed E-state index contributed by atoms with van der Waals surface area (Å²) < 4.78 is 5.38. The molecule has 0 amide bonds. The van der Waals surface area contributed by atoms with Gasteiger partial charge in [-0.3, -0.25) is 14.6 Å². The molecule has 0 unspecified atom stereocenters. The molecular formula is C16H24N2O3. The molecule has 0 saturated carbocycles. The van der Waals surface area contributed by atoms with Crippen molar-refractivity contribution in [3.05, 3.63) is 29.8 Å². The molecule has 0 spiro atoms. The molecule has 0 aliphatic carbocycles. The van der Waals surface area contributed by atoms with Crippen LogP contribution in [-0.4, -0.2) is 60.2 Å². The van der Waals surface area contributed by atoms with E-state index in [0.29, 0.717) is 6.42 Å². The van der Waals surface area contributed by atoms with Crippen molar-refractivity contribution >= 4 is 5.97 Å². The summed E-state index contributed by atoms with van der Waals surface area (Å²) in [5.74, 6) is 0.201. The molecule has 5 nitrogen and oxygen atoms in total. The summed E-state index contributed by atoms with van der Waals surface area (Å²) in [7, 11) is 1.69. The number of rotatable bonds is 6. The van der Waals surface area contributed by atoms with E-state index in [0.717, 1.165) is 38.5 Å². The van der Waals surface area contributed by atoms with Gasteiger partial charge in [0, 0.05) is 38.3 Å². The summed E-state index contributed by atoms with van der Waals surface area (Å²) in [6.45, 7) is 6.17. The Morgan fingerprint density at radius 1 is 1.29 bits per heavy atom. The van der Waals surface area contributed by atoms with Gasteiger partial charge in [-0.15, -0.1) is 0 Å². The average Bonchev–Trinajstić information content (AvgIpc) is 2.50. The predicted molar refractivity (Wildman–Crippen MR) is 81.6 cm³/mol. The molecule has 116 valence electrons. The fourth-order valence-electron chi connectivity index (χ4n) is 2.90. The Morgan fingerprint density at radius 2 is 1.95 bits per heavy atom. The maximum Gasteiger partial charge on any atom is 0.320 e. The number of ether oxygens (including phenoxy) is 1. The monoisotopic (exact) mass is 292 g/mol. The molecule has 2 rings (SSSR count). The maximum absolute atomic E-state index is 11.2. The van der Waals surface area contributed by atoms with Crippen molar-refractivity contribution in [3.63, 3.8) is 0 Å². The minimum absolute atomic E-state index is 0.349. The van der Waals surface area contributed by atoms with Gasteiger partial charge in [0.2, 0.25) is 0 Å². The number of carboxylic acids is 1. The lowest BCUT2D eigenvalue weighted by molar-refractivity contribution is -0.144. The Bertz CT molecular complexity index is 470. The molecule has 0 radical (unpaired) electrons. The molecule has 21 heavy (non-hydrogen) atoms. The molecule has 1 atom stereocenters. The lowest BCUT2D eigenvalue weighted by Crippen LogP contribution is -2.52. The smallest absolute Gasteiger partial charge is 0.320 e. The van der Waals surface area contributed by atoms with Crippen molar-refractivity contribution in [2.45, 2.75) is 25.9 Å². The van der Waals surface area contributed by atoms with Crippen molar-refractivity contribution in [2.75, 3.05) is 33.3 Å². The van der Waals surface area contributed by atoms with E-state index in [2.05, 4.69) is 15.9 Å². The summed E-state index contributed by atoms with van der Waals surface area (Å²) in [4.78, 5) is 15.6. The fraction of sp³-hybridized carbons (Fsp3) is 0.562. The standard InChI is InChI=1S/C16H24N2O3/c1-3-14(16(19)20)18-10-8-17(9-11-18)12-13-6-4-5-7-15(13)21-2/h4-7,14H,3,8-12H2,1-2H3,(H,19,20)/t14-/m0/s1. The Kier molecular flexibility index (Phi) is 5.59. The van der Waals surface area contributed by atoms with Crippen LogP contribution < -0.4 is 4.74 Å². The van der Waals surface area contributed by atoms with E-state index in [4.69, 9.17) is 4.74 Å². The summed E-state index contributed by atoms with van der Waals surface area (Å²) in [6, 6.07) is 7.70. The number of carboxylic acid groups (broad SMARTS) is 1. The molecule has 1 aliphatic heterocycles. The fourth-order valence-corrected chi connectivity index (χ4v) is 2.90. The summed E-state index contributed by atoms with van der Waals surface area (Å²) in [5.41, 5.74) is 1.18. The molecule has 1 aromatic carbocycles. The molecule has 1 heterocycles. The van der Waals surface area contributed by atoms with Crippen LogP contribution in [0, 0.1) is 0 Å². The number of methoxy groups -OCH3 is 1. The first kappa shape index (κ1) is 15.8. The van der Waals surface area contributed by atoms with E-state index in [1.54, 1.807) is 7.11 Å². The third kappa shape index (κ3) is 3.95. The van der Waals surface area contributed by atoms with Crippen LogP contribution in [0.1, 0.15) is 18.9 Å². The number of carbonyl (C=O) groups is 1. The van der Waals surface area contributed by atoms with Gasteiger partial charge in [0.1, 0.15) is 11.8 Å². The molecule has 0 bridgehead atoms. The van der Waals surface area contributed by atoms with Gasteiger partial charge in [0.05, 0.1) is 7.11 Å². The molecule has 0 aromatic heterocycles. The maximum atomic E-state index is 11.2. The van der Waals surface area contributed by atoms with Crippen LogP contribution in [0.2, 0.25) is 0 Å². The third-order valence-electron chi connectivity index (χ3n) is 4.11. The first-order chi connectivity index (χ1) is 10.2. The van der Waals surface area contributed by atoms with Crippen molar-refractivity contribution in [3.8, 4) is 5.75 Å². The van der Waals surface area contributed by atoms with E-state index in [1.165, 1.54) is 5.56 Å². The topological polar surface area (TPSA) is 53.0 Å². The first-order valence-corrected chi connectivity index (χ1v) is 7.46. The normalized spacial score (nSPS) is 18.4. The Morgan fingerprint density at radius 3 is 2.52 bits per heavy atom. The van der Waals surface area contributed by atoms with Gasteiger partial charge >= 0.3 is 5.97 Å². The molecular weight excluding hydrogens is 268 g/mol. The van der Waals surface area contributed by atoms with Crippen LogP contribution in [0.5, 0.6) is 5.75 Å². The second-order valence-corrected chi connectivity index (χ2v) is 5.39. The van der Waals surface area contributed by atoms with Gasteiger partial charge in [-0.1, -0.05) is 25.1 Å². The van der Waals surface area contributed by atoms with Crippen molar-refractivity contribution < 1.29 is 14.6 Å². The van der Waals surface area contributed by atoms with E-state index in [1.807, 2.05) is 25.1 Å². The van der Waals surface area contributed by atoms with Crippen molar-refractivity contribution in [1.82, 2.24) is 9.80 Å². The van der Waals surface area contributed by atoms with Crippen molar-refractivity contribution in [2.24, 2.45) is 0 Å². The van der Waals surface area contributed by atoms with Gasteiger partial charge < -0.3 is 9.84 Å². The number of hydrogen-bond acceptors (Lipinski definition) is 4. The highest BCUT2D eigenvalue weighted by Gasteiger charge is 2.27. The first-order valence-electron chi connectivity index (χ1n) is 7.46. The molecule has 5 heteroatoms. The van der Waals surface area contributed by atoms with Gasteiger partial charge in [-0.2, -0.15) is 0 Å². The molecule has 1 N–H and O–H groups in total. The highest BCUT2D eigenvalue weighted by Crippen LogP contribution is 2.20. The molecule has 1 fully saturated rings. The number of hydrogen-bond donors (Lipinski definition) is 1. The lowest BCUT2D eigenvalue weighted by Gasteiger charge is -2.37. The van der Waals surface area contributed by atoms with Crippen molar-refractivity contribution in [1.29, 1.82) is 0 Å². The Hall–Kier alpha value is -1.59. The zero-order valence-corrected chi connectivity index (χ0v) is 12.8. The number of piperazine rings is 1. The van der Waals surface area contributed by atoms with Crippen LogP contribution in [0.25, 0.3) is 0 Å². The number of nitrogens with zero attached hydrogens (tertiary/aromatic N) is 2. The number of aliphatic carboxylic acids is 1. The average molecular weight is 292 g/mol. The zero-order chi connectivity index (χ0) is 15.2. The van der Waals surface area contributed by atoms with E-state index in [-0.39, 0.29) is 6.04 Å². The Labute approximate surface area is 126 Å². The minimum Gasteiger partial charge on any atom is -0.496 e. The van der Waals surface area contributed by atoms with Gasteiger partial charge in [0.25, 0.3) is 0 Å². The summed E-state index contributed by atoms with van der Waals surface area (Å²) in [6.07, 6.45) is 0.655. The lowest BCUT2D eigenvalue weighted by atomic mass is 10.1. The highest BCUT2D eigenvalue weighted by atomic mass is 16.5. The number of para-hydroxylation sites is 1. The molecule has 1 saturated heterocycles. The van der Waals surface area contributed by atoms with Crippen LogP contribution in [0.15, 0.2) is 24.3 Å². The van der Waals surface area contributed by atoms with Gasteiger partial charge in [-0.05, 0) is 12.5 Å². The van der Waals surface area contributed by atoms with E-state index >= 15 is 0 Å². The zero-order valence-electron chi connectivity index (χ0n) is 12.8. The van der Waals surface area contributed by atoms with E-state index < -0.39 is 5.97 Å². The van der Waals surface area contributed by atoms with Crippen LogP contribution in [-0.2, 0) is 11.3 Å². The second kappa shape index (κ2) is 7.43. The highest BCUT2D eigenvalue weighted by molar-refractivity contribution is 5.73. The predicted octanol–water partition coefficient (Wildman–Crippen LogP) is 1.68. The largest absolute Gasteiger partial charge is 0.496 e. The van der Waals surface area contributed by atoms with Crippen LogP contribution in [0.3, 0.4) is 0 Å². The van der Waals surface area contributed by atoms with Crippen LogP contribution in [0.4, 0.5) is 0 Å². The molecule has 1 aromatic rings.